The molecule has 7 heteroatoms. The summed E-state index contributed by atoms with van der Waals surface area (Å²) < 4.78 is 20.9. The van der Waals surface area contributed by atoms with Gasteiger partial charge in [-0.15, -0.1) is 0 Å². The predicted octanol–water partition coefficient (Wildman–Crippen LogP) is 3.36. The molecular formula is C18H20FN5O. The zero-order valence-electron chi connectivity index (χ0n) is 14.2. The molecule has 0 amide bonds. The second kappa shape index (κ2) is 5.54. The van der Waals surface area contributed by atoms with Gasteiger partial charge in [-0.05, 0) is 43.9 Å². The molecule has 0 bridgehead atoms. The number of hydrogen-bond acceptors (Lipinski definition) is 5. The van der Waals surface area contributed by atoms with Crippen LogP contribution in [0.4, 0.5) is 10.3 Å². The molecule has 5 rings (SSSR count). The van der Waals surface area contributed by atoms with Crippen LogP contribution in [-0.4, -0.2) is 32.8 Å². The van der Waals surface area contributed by atoms with Crippen LogP contribution >= 0.6 is 0 Å². The Hall–Kier alpha value is -2.44. The zero-order chi connectivity index (χ0) is 17.0. The van der Waals surface area contributed by atoms with Gasteiger partial charge >= 0.3 is 0 Å². The van der Waals surface area contributed by atoms with E-state index >= 15 is 0 Å². The third-order valence-corrected chi connectivity index (χ3v) is 5.35. The number of nitrogens with zero attached hydrogens (tertiary/aromatic N) is 5. The fourth-order valence-corrected chi connectivity index (χ4v) is 3.68. The van der Waals surface area contributed by atoms with Crippen molar-refractivity contribution in [2.75, 3.05) is 18.0 Å². The molecule has 130 valence electrons. The van der Waals surface area contributed by atoms with Crippen molar-refractivity contribution in [2.45, 2.75) is 37.5 Å². The van der Waals surface area contributed by atoms with Crippen LogP contribution in [0.1, 0.15) is 49.2 Å². The summed E-state index contributed by atoms with van der Waals surface area (Å²) in [7, 11) is 1.94. The van der Waals surface area contributed by atoms with Crippen LogP contribution in [0.3, 0.4) is 0 Å². The van der Waals surface area contributed by atoms with Gasteiger partial charge in [-0.1, -0.05) is 5.16 Å². The molecule has 0 radical (unpaired) electrons. The molecule has 2 fully saturated rings. The molecule has 6 nitrogen and oxygen atoms in total. The van der Waals surface area contributed by atoms with Gasteiger partial charge in [0.25, 0.3) is 0 Å². The van der Waals surface area contributed by atoms with Crippen molar-refractivity contribution in [1.29, 1.82) is 0 Å². The van der Waals surface area contributed by atoms with Gasteiger partial charge in [0.1, 0.15) is 5.82 Å². The molecule has 3 aromatic rings. The van der Waals surface area contributed by atoms with Gasteiger partial charge in [0.15, 0.2) is 5.82 Å². The van der Waals surface area contributed by atoms with Crippen molar-refractivity contribution in [3.8, 4) is 0 Å². The predicted molar refractivity (Wildman–Crippen MR) is 91.1 cm³/mol. The Morgan fingerprint density at radius 1 is 1.08 bits per heavy atom. The maximum Gasteiger partial charge on any atom is 0.229 e. The summed E-state index contributed by atoms with van der Waals surface area (Å²) in [4.78, 5) is 11.5. The Kier molecular flexibility index (Phi) is 3.29. The number of piperidine rings is 1. The first-order valence-electron chi connectivity index (χ1n) is 8.89. The highest BCUT2D eigenvalue weighted by atomic mass is 19.1. The highest BCUT2D eigenvalue weighted by molar-refractivity contribution is 5.78. The molecule has 3 heterocycles. The number of aryl methyl sites for hydroxylation is 1. The van der Waals surface area contributed by atoms with E-state index < -0.39 is 0 Å². The lowest BCUT2D eigenvalue weighted by Gasteiger charge is -2.31. The minimum atomic E-state index is -0.232. The van der Waals surface area contributed by atoms with E-state index in [1.54, 1.807) is 6.07 Å². The van der Waals surface area contributed by atoms with Crippen LogP contribution in [0.15, 0.2) is 22.7 Å². The first-order valence-corrected chi connectivity index (χ1v) is 8.89. The minimum absolute atomic E-state index is 0.232. The number of fused-ring (bicyclic) bond motifs is 1. The summed E-state index contributed by atoms with van der Waals surface area (Å²) in [5, 5.41) is 4.19. The van der Waals surface area contributed by atoms with E-state index in [1.807, 2.05) is 11.6 Å². The number of hydrogen-bond donors (Lipinski definition) is 0. The van der Waals surface area contributed by atoms with Crippen molar-refractivity contribution >= 4 is 17.0 Å². The summed E-state index contributed by atoms with van der Waals surface area (Å²) in [6.07, 6.45) is 4.29. The second-order valence-corrected chi connectivity index (χ2v) is 7.13. The van der Waals surface area contributed by atoms with Crippen LogP contribution in [0, 0.1) is 5.82 Å². The molecule has 1 aromatic carbocycles. The molecule has 1 aliphatic carbocycles. The van der Waals surface area contributed by atoms with Crippen LogP contribution in [0.5, 0.6) is 0 Å². The van der Waals surface area contributed by atoms with Gasteiger partial charge in [-0.3, -0.25) is 0 Å². The van der Waals surface area contributed by atoms with Crippen LogP contribution in [0.2, 0.25) is 0 Å². The highest BCUT2D eigenvalue weighted by Gasteiger charge is 2.32. The molecule has 0 unspecified atom stereocenters. The van der Waals surface area contributed by atoms with Crippen LogP contribution < -0.4 is 4.90 Å². The number of rotatable bonds is 3. The van der Waals surface area contributed by atoms with Gasteiger partial charge in [0.05, 0.1) is 11.0 Å². The minimum Gasteiger partial charge on any atom is -0.342 e. The Morgan fingerprint density at radius 2 is 1.88 bits per heavy atom. The Balaban J connectivity index is 1.33. The molecule has 1 saturated heterocycles. The number of halogens is 1. The van der Waals surface area contributed by atoms with E-state index in [0.29, 0.717) is 11.8 Å². The lowest BCUT2D eigenvalue weighted by Crippen LogP contribution is -2.34. The SMILES string of the molecule is Cn1c(N2CCC(c3noc(C4CC4)n3)CC2)nc2ccc(F)cc21. The first kappa shape index (κ1) is 14.9. The molecule has 2 aliphatic rings. The molecule has 1 aliphatic heterocycles. The average Bonchev–Trinajstić information content (AvgIpc) is 3.28. The monoisotopic (exact) mass is 341 g/mol. The van der Waals surface area contributed by atoms with E-state index in [9.17, 15) is 4.39 Å². The third kappa shape index (κ3) is 2.58. The standard InChI is InChI=1S/C18H20FN5O/c1-23-15-10-13(19)4-5-14(15)20-18(23)24-8-6-11(7-9-24)16-21-17(25-22-16)12-2-3-12/h4-5,10-12H,2-3,6-9H2,1H3. The molecule has 2 aromatic heterocycles. The van der Waals surface area contributed by atoms with Gasteiger partial charge in [0, 0.05) is 32.0 Å². The molecule has 0 spiro atoms. The smallest absolute Gasteiger partial charge is 0.229 e. The fraction of sp³-hybridized carbons (Fsp3) is 0.500. The molecule has 0 atom stereocenters. The normalized spacial score (nSPS) is 19.0. The van der Waals surface area contributed by atoms with Crippen molar-refractivity contribution in [2.24, 2.45) is 7.05 Å². The Morgan fingerprint density at radius 3 is 2.64 bits per heavy atom. The lowest BCUT2D eigenvalue weighted by molar-refractivity contribution is 0.364. The summed E-state index contributed by atoms with van der Waals surface area (Å²) in [5.41, 5.74) is 1.65. The van der Waals surface area contributed by atoms with Gasteiger partial charge in [-0.25, -0.2) is 9.37 Å². The van der Waals surface area contributed by atoms with E-state index in [0.717, 1.165) is 54.6 Å². The van der Waals surface area contributed by atoms with Crippen molar-refractivity contribution in [1.82, 2.24) is 19.7 Å². The summed E-state index contributed by atoms with van der Waals surface area (Å²) in [6.45, 7) is 1.77. The number of imidazole rings is 1. The van der Waals surface area contributed by atoms with Crippen molar-refractivity contribution in [3.63, 3.8) is 0 Å². The quantitative estimate of drug-likeness (QED) is 0.731. The number of aromatic nitrogens is 4. The molecule has 0 N–H and O–H groups in total. The topological polar surface area (TPSA) is 60.0 Å². The van der Waals surface area contributed by atoms with Gasteiger partial charge in [-0.2, -0.15) is 4.98 Å². The highest BCUT2D eigenvalue weighted by Crippen LogP contribution is 2.40. The van der Waals surface area contributed by atoms with Gasteiger partial charge in [0.2, 0.25) is 11.8 Å². The molecule has 25 heavy (non-hydrogen) atoms. The van der Waals surface area contributed by atoms with Crippen molar-refractivity contribution in [3.05, 3.63) is 35.7 Å². The zero-order valence-corrected chi connectivity index (χ0v) is 14.2. The summed E-state index contributed by atoms with van der Waals surface area (Å²) >= 11 is 0. The molecule has 1 saturated carbocycles. The van der Waals surface area contributed by atoms with Gasteiger partial charge < -0.3 is 14.0 Å². The first-order chi connectivity index (χ1) is 12.2. The van der Waals surface area contributed by atoms with E-state index in [-0.39, 0.29) is 5.82 Å². The number of benzene rings is 1. The number of anilines is 1. The average molecular weight is 341 g/mol. The van der Waals surface area contributed by atoms with Crippen LogP contribution in [-0.2, 0) is 7.05 Å². The van der Waals surface area contributed by atoms with E-state index in [4.69, 9.17) is 4.52 Å². The summed E-state index contributed by atoms with van der Waals surface area (Å²) in [5.74, 6) is 3.18. The van der Waals surface area contributed by atoms with E-state index in [2.05, 4.69) is 20.0 Å². The van der Waals surface area contributed by atoms with E-state index in [1.165, 1.54) is 25.0 Å². The fourth-order valence-electron chi connectivity index (χ4n) is 3.68. The lowest BCUT2D eigenvalue weighted by atomic mass is 9.96. The van der Waals surface area contributed by atoms with Crippen molar-refractivity contribution < 1.29 is 8.91 Å². The Bertz CT molecular complexity index is 921. The van der Waals surface area contributed by atoms with Crippen LogP contribution in [0.25, 0.3) is 11.0 Å². The maximum absolute atomic E-state index is 13.5. The Labute approximate surface area is 144 Å². The summed E-state index contributed by atoms with van der Waals surface area (Å²) in [6, 6.07) is 4.73. The third-order valence-electron chi connectivity index (χ3n) is 5.35. The second-order valence-electron chi connectivity index (χ2n) is 7.13. The maximum atomic E-state index is 13.5. The largest absolute Gasteiger partial charge is 0.342 e. The molecular weight excluding hydrogens is 321 g/mol.